The normalized spacial score (nSPS) is 17.1. The minimum atomic E-state index is -0.113. The van der Waals surface area contributed by atoms with Crippen LogP contribution in [-0.4, -0.2) is 17.7 Å². The van der Waals surface area contributed by atoms with Crippen LogP contribution in [0.2, 0.25) is 0 Å². The molecule has 0 aliphatic rings. The molecule has 0 fully saturated rings. The van der Waals surface area contributed by atoms with E-state index in [0.29, 0.717) is 0 Å². The molecule has 0 spiro atoms. The third kappa shape index (κ3) is 5.33. The molecule has 0 aromatic rings. The van der Waals surface area contributed by atoms with Crippen LogP contribution >= 0.6 is 0 Å². The first-order valence-electron chi connectivity index (χ1n) is 4.41. The second-order valence-electron chi connectivity index (χ2n) is 4.12. The van der Waals surface area contributed by atoms with E-state index in [0.717, 1.165) is 6.42 Å². The molecule has 0 aliphatic carbocycles. The molecule has 0 bridgehead atoms. The molecular weight excluding hydrogens is 150 g/mol. The third-order valence-electron chi connectivity index (χ3n) is 1.58. The molecule has 0 heterocycles. The molecule has 0 saturated heterocycles. The van der Waals surface area contributed by atoms with Gasteiger partial charge in [0.25, 0.3) is 0 Å². The Kier molecular flexibility index (Phi) is 4.50. The summed E-state index contributed by atoms with van der Waals surface area (Å²) in [6, 6.07) is 0.0572. The molecule has 72 valence electrons. The average Bonchev–Trinajstić information content (AvgIpc) is 1.84. The smallest absolute Gasteiger partial charge is 0.0707 e. The summed E-state index contributed by atoms with van der Waals surface area (Å²) < 4.78 is 5.68. The Labute approximate surface area is 75.8 Å². The van der Waals surface area contributed by atoms with Gasteiger partial charge in [-0.05, 0) is 34.1 Å². The van der Waals surface area contributed by atoms with Crippen LogP contribution in [0.1, 0.15) is 34.1 Å². The molecule has 0 unspecified atom stereocenters. The van der Waals surface area contributed by atoms with Gasteiger partial charge in [-0.25, -0.2) is 0 Å². The van der Waals surface area contributed by atoms with Crippen molar-refractivity contribution in [3.05, 3.63) is 12.7 Å². The van der Waals surface area contributed by atoms with E-state index in [-0.39, 0.29) is 17.7 Å². The van der Waals surface area contributed by atoms with E-state index in [1.165, 1.54) is 0 Å². The molecule has 12 heavy (non-hydrogen) atoms. The minimum absolute atomic E-state index is 0.0572. The van der Waals surface area contributed by atoms with Crippen molar-refractivity contribution in [3.8, 4) is 0 Å². The first kappa shape index (κ1) is 11.7. The lowest BCUT2D eigenvalue weighted by Gasteiger charge is -2.28. The fourth-order valence-corrected chi connectivity index (χ4v) is 1.03. The Morgan fingerprint density at radius 2 is 2.00 bits per heavy atom. The summed E-state index contributed by atoms with van der Waals surface area (Å²) in [5, 5.41) is 0. The van der Waals surface area contributed by atoms with Crippen molar-refractivity contribution in [3.63, 3.8) is 0 Å². The van der Waals surface area contributed by atoms with Crippen LogP contribution in [0.25, 0.3) is 0 Å². The Morgan fingerprint density at radius 1 is 1.50 bits per heavy atom. The zero-order valence-electron chi connectivity index (χ0n) is 8.63. The van der Waals surface area contributed by atoms with E-state index < -0.39 is 0 Å². The van der Waals surface area contributed by atoms with Gasteiger partial charge in [0.2, 0.25) is 0 Å². The molecule has 0 aromatic carbocycles. The van der Waals surface area contributed by atoms with Crippen LogP contribution in [0.5, 0.6) is 0 Å². The fourth-order valence-electron chi connectivity index (χ4n) is 1.03. The number of hydrogen-bond acceptors (Lipinski definition) is 2. The number of rotatable bonds is 4. The summed E-state index contributed by atoms with van der Waals surface area (Å²) in [7, 11) is 0. The lowest BCUT2D eigenvalue weighted by molar-refractivity contribution is -0.0607. The summed E-state index contributed by atoms with van der Waals surface area (Å²) in [5.74, 6) is 0. The lowest BCUT2D eigenvalue weighted by atomic mass is 10.1. The lowest BCUT2D eigenvalue weighted by Crippen LogP contribution is -2.39. The standard InChI is InChI=1S/C10H21NO/c1-6-7-9(11)8(2)12-10(3,4)5/h6,8-9H,1,7,11H2,2-5H3/t8-,9-/m0/s1. The molecule has 0 rings (SSSR count). The Morgan fingerprint density at radius 3 is 2.33 bits per heavy atom. The highest BCUT2D eigenvalue weighted by molar-refractivity contribution is 4.80. The second-order valence-corrected chi connectivity index (χ2v) is 4.12. The van der Waals surface area contributed by atoms with Gasteiger partial charge in [0.05, 0.1) is 11.7 Å². The first-order chi connectivity index (χ1) is 5.37. The maximum atomic E-state index is 5.84. The highest BCUT2D eigenvalue weighted by Crippen LogP contribution is 2.13. The zero-order valence-corrected chi connectivity index (χ0v) is 8.63. The Balaban J connectivity index is 3.86. The number of ether oxygens (including phenoxy) is 1. The zero-order chi connectivity index (χ0) is 9.78. The highest BCUT2D eigenvalue weighted by atomic mass is 16.5. The second kappa shape index (κ2) is 4.63. The largest absolute Gasteiger partial charge is 0.371 e. The van der Waals surface area contributed by atoms with Gasteiger partial charge in [0.15, 0.2) is 0 Å². The molecule has 0 amide bonds. The van der Waals surface area contributed by atoms with Gasteiger partial charge in [0, 0.05) is 6.04 Å². The van der Waals surface area contributed by atoms with Gasteiger partial charge in [-0.2, -0.15) is 0 Å². The van der Waals surface area contributed by atoms with E-state index in [1.807, 2.05) is 33.8 Å². The van der Waals surface area contributed by atoms with Gasteiger partial charge >= 0.3 is 0 Å². The predicted molar refractivity (Wildman–Crippen MR) is 53.1 cm³/mol. The van der Waals surface area contributed by atoms with Crippen molar-refractivity contribution in [1.82, 2.24) is 0 Å². The molecule has 2 heteroatoms. The van der Waals surface area contributed by atoms with Crippen LogP contribution in [-0.2, 0) is 4.74 Å². The van der Waals surface area contributed by atoms with Crippen molar-refractivity contribution in [2.45, 2.75) is 51.9 Å². The number of hydrogen-bond donors (Lipinski definition) is 1. The van der Waals surface area contributed by atoms with Crippen molar-refractivity contribution < 1.29 is 4.74 Å². The van der Waals surface area contributed by atoms with Gasteiger partial charge in [-0.1, -0.05) is 6.08 Å². The Hall–Kier alpha value is -0.340. The summed E-state index contributed by atoms with van der Waals surface area (Å²) in [5.41, 5.74) is 5.73. The van der Waals surface area contributed by atoms with E-state index in [1.54, 1.807) is 0 Å². The molecule has 2 N–H and O–H groups in total. The van der Waals surface area contributed by atoms with Crippen molar-refractivity contribution in [1.29, 1.82) is 0 Å². The SMILES string of the molecule is C=CC[C@H](N)[C@H](C)OC(C)(C)C. The van der Waals surface area contributed by atoms with E-state index >= 15 is 0 Å². The van der Waals surface area contributed by atoms with E-state index in [4.69, 9.17) is 10.5 Å². The van der Waals surface area contributed by atoms with Crippen LogP contribution < -0.4 is 5.73 Å². The highest BCUT2D eigenvalue weighted by Gasteiger charge is 2.19. The van der Waals surface area contributed by atoms with Crippen LogP contribution in [0.15, 0.2) is 12.7 Å². The van der Waals surface area contributed by atoms with Crippen molar-refractivity contribution in [2.75, 3.05) is 0 Å². The van der Waals surface area contributed by atoms with Crippen molar-refractivity contribution in [2.24, 2.45) is 5.73 Å². The summed E-state index contributed by atoms with van der Waals surface area (Å²) in [4.78, 5) is 0. The maximum Gasteiger partial charge on any atom is 0.0707 e. The predicted octanol–water partition coefficient (Wildman–Crippen LogP) is 2.09. The average molecular weight is 171 g/mol. The van der Waals surface area contributed by atoms with Crippen LogP contribution in [0, 0.1) is 0 Å². The third-order valence-corrected chi connectivity index (χ3v) is 1.58. The topological polar surface area (TPSA) is 35.2 Å². The summed E-state index contributed by atoms with van der Waals surface area (Å²) in [6.45, 7) is 11.7. The van der Waals surface area contributed by atoms with Gasteiger partial charge in [-0.3, -0.25) is 0 Å². The molecule has 2 atom stereocenters. The fraction of sp³-hybridized carbons (Fsp3) is 0.800. The van der Waals surface area contributed by atoms with Crippen LogP contribution in [0.3, 0.4) is 0 Å². The monoisotopic (exact) mass is 171 g/mol. The van der Waals surface area contributed by atoms with Crippen molar-refractivity contribution >= 4 is 0 Å². The maximum absolute atomic E-state index is 5.84. The van der Waals surface area contributed by atoms with E-state index in [9.17, 15) is 0 Å². The number of nitrogens with two attached hydrogens (primary N) is 1. The van der Waals surface area contributed by atoms with E-state index in [2.05, 4.69) is 6.58 Å². The quantitative estimate of drug-likeness (QED) is 0.657. The minimum Gasteiger partial charge on any atom is -0.371 e. The first-order valence-corrected chi connectivity index (χ1v) is 4.41. The molecule has 2 nitrogen and oxygen atoms in total. The molecule has 0 aromatic heterocycles. The summed E-state index contributed by atoms with van der Waals surface area (Å²) >= 11 is 0. The Bertz CT molecular complexity index is 137. The van der Waals surface area contributed by atoms with Gasteiger partial charge in [-0.15, -0.1) is 6.58 Å². The summed E-state index contributed by atoms with van der Waals surface area (Å²) in [6.07, 6.45) is 2.72. The molecule has 0 saturated carbocycles. The molecule has 0 radical (unpaired) electrons. The van der Waals surface area contributed by atoms with Gasteiger partial charge < -0.3 is 10.5 Å². The van der Waals surface area contributed by atoms with Crippen LogP contribution in [0.4, 0.5) is 0 Å². The van der Waals surface area contributed by atoms with Gasteiger partial charge in [0.1, 0.15) is 0 Å². The molecular formula is C10H21NO. The molecule has 0 aliphatic heterocycles.